The summed E-state index contributed by atoms with van der Waals surface area (Å²) >= 11 is 6.02. The molecule has 1 aromatic carbocycles. The highest BCUT2D eigenvalue weighted by Crippen LogP contribution is 2.20. The lowest BCUT2D eigenvalue weighted by Gasteiger charge is -2.07. The lowest BCUT2D eigenvalue weighted by Crippen LogP contribution is -2.04. The molecule has 0 atom stereocenters. The van der Waals surface area contributed by atoms with E-state index in [0.717, 1.165) is 34.1 Å². The summed E-state index contributed by atoms with van der Waals surface area (Å²) in [6.45, 7) is 0.423. The van der Waals surface area contributed by atoms with Gasteiger partial charge in [-0.1, -0.05) is 17.7 Å². The van der Waals surface area contributed by atoms with Gasteiger partial charge in [0.15, 0.2) is 0 Å². The van der Waals surface area contributed by atoms with E-state index in [1.807, 2.05) is 18.3 Å². The number of hydrogen-bond donors (Lipinski definition) is 2. The molecule has 0 fully saturated rings. The largest absolute Gasteiger partial charge is 0.350 e. The van der Waals surface area contributed by atoms with Gasteiger partial charge in [0.1, 0.15) is 11.5 Å². The molecule has 0 spiro atoms. The van der Waals surface area contributed by atoms with E-state index in [4.69, 9.17) is 11.6 Å². The Balaban J connectivity index is 1.43. The van der Waals surface area contributed by atoms with Gasteiger partial charge >= 0.3 is 0 Å². The van der Waals surface area contributed by atoms with Crippen LogP contribution in [0.5, 0.6) is 0 Å². The van der Waals surface area contributed by atoms with Crippen molar-refractivity contribution in [2.45, 2.75) is 13.0 Å². The monoisotopic (exact) mass is 367 g/mol. The van der Waals surface area contributed by atoms with Crippen molar-refractivity contribution < 1.29 is 4.39 Å². The molecular formula is C19H15ClFN5. The highest BCUT2D eigenvalue weighted by molar-refractivity contribution is 6.31. The average molecular weight is 368 g/mol. The van der Waals surface area contributed by atoms with Crippen LogP contribution in [0.25, 0.3) is 11.0 Å². The molecule has 0 unspecified atom stereocenters. The van der Waals surface area contributed by atoms with Crippen LogP contribution >= 0.6 is 11.6 Å². The van der Waals surface area contributed by atoms with Gasteiger partial charge in [-0.3, -0.25) is 0 Å². The fourth-order valence-electron chi connectivity index (χ4n) is 2.76. The van der Waals surface area contributed by atoms with E-state index in [9.17, 15) is 4.39 Å². The van der Waals surface area contributed by atoms with Crippen LogP contribution in [0.2, 0.25) is 5.02 Å². The minimum Gasteiger partial charge on any atom is -0.350 e. The van der Waals surface area contributed by atoms with Gasteiger partial charge in [0.2, 0.25) is 5.95 Å². The van der Waals surface area contributed by atoms with E-state index in [1.54, 1.807) is 24.7 Å². The molecule has 3 heterocycles. The highest BCUT2D eigenvalue weighted by Gasteiger charge is 2.07. The Morgan fingerprint density at radius 3 is 2.73 bits per heavy atom. The Morgan fingerprint density at radius 1 is 1.08 bits per heavy atom. The van der Waals surface area contributed by atoms with Gasteiger partial charge in [0.25, 0.3) is 0 Å². The summed E-state index contributed by atoms with van der Waals surface area (Å²) in [7, 11) is 0. The van der Waals surface area contributed by atoms with E-state index in [1.165, 1.54) is 12.1 Å². The summed E-state index contributed by atoms with van der Waals surface area (Å²) in [6, 6.07) is 8.27. The topological polar surface area (TPSA) is 66.5 Å². The zero-order chi connectivity index (χ0) is 17.9. The predicted octanol–water partition coefficient (Wildman–Crippen LogP) is 4.35. The van der Waals surface area contributed by atoms with Crippen molar-refractivity contribution in [1.82, 2.24) is 19.9 Å². The first kappa shape index (κ1) is 16.5. The van der Waals surface area contributed by atoms with Crippen molar-refractivity contribution in [1.29, 1.82) is 0 Å². The summed E-state index contributed by atoms with van der Waals surface area (Å²) < 4.78 is 13.1. The molecule has 4 aromatic rings. The molecular weight excluding hydrogens is 353 g/mol. The minimum atomic E-state index is -0.355. The molecule has 0 saturated carbocycles. The number of anilines is 1. The van der Waals surface area contributed by atoms with Crippen molar-refractivity contribution in [3.05, 3.63) is 82.6 Å². The summed E-state index contributed by atoms with van der Waals surface area (Å²) in [6.07, 6.45) is 8.02. The smallest absolute Gasteiger partial charge is 0.222 e. The maximum absolute atomic E-state index is 13.1. The van der Waals surface area contributed by atoms with Gasteiger partial charge < -0.3 is 10.3 Å². The number of H-pyrrole nitrogens is 1. The molecule has 0 aliphatic rings. The first-order valence-corrected chi connectivity index (χ1v) is 8.46. The summed E-state index contributed by atoms with van der Waals surface area (Å²) in [5.41, 5.74) is 3.81. The first-order chi connectivity index (χ1) is 12.7. The van der Waals surface area contributed by atoms with Crippen LogP contribution < -0.4 is 5.32 Å². The van der Waals surface area contributed by atoms with E-state index in [-0.39, 0.29) is 5.82 Å². The predicted molar refractivity (Wildman–Crippen MR) is 99.7 cm³/mol. The van der Waals surface area contributed by atoms with Gasteiger partial charge in [-0.05, 0) is 41.0 Å². The third kappa shape index (κ3) is 3.50. The van der Waals surface area contributed by atoms with Crippen molar-refractivity contribution >= 4 is 28.6 Å². The molecule has 0 radical (unpaired) electrons. The first-order valence-electron chi connectivity index (χ1n) is 8.09. The number of hydrogen-bond acceptors (Lipinski definition) is 4. The van der Waals surface area contributed by atoms with Crippen LogP contribution in [-0.4, -0.2) is 19.9 Å². The minimum absolute atomic E-state index is 0.355. The normalized spacial score (nSPS) is 11.0. The van der Waals surface area contributed by atoms with Crippen LogP contribution in [0, 0.1) is 5.82 Å². The second-order valence-corrected chi connectivity index (χ2v) is 6.30. The van der Waals surface area contributed by atoms with Gasteiger partial charge in [-0.25, -0.2) is 19.3 Å². The van der Waals surface area contributed by atoms with E-state index in [2.05, 4.69) is 25.3 Å². The molecule has 26 heavy (non-hydrogen) atoms. The maximum atomic E-state index is 13.1. The Hall–Kier alpha value is -2.99. The molecule has 0 saturated heterocycles. The third-order valence-electron chi connectivity index (χ3n) is 4.09. The molecule has 7 heteroatoms. The molecule has 4 rings (SSSR count). The van der Waals surface area contributed by atoms with Gasteiger partial charge in [0, 0.05) is 48.2 Å². The Labute approximate surface area is 154 Å². The molecule has 5 nitrogen and oxygen atoms in total. The molecule has 3 aromatic heterocycles. The van der Waals surface area contributed by atoms with Crippen molar-refractivity contribution in [3.63, 3.8) is 0 Å². The van der Waals surface area contributed by atoms with Crippen molar-refractivity contribution in [3.8, 4) is 0 Å². The average Bonchev–Trinajstić information content (AvgIpc) is 3.05. The fraction of sp³-hybridized carbons (Fsp3) is 0.105. The number of nitrogens with one attached hydrogen (secondary N) is 2. The van der Waals surface area contributed by atoms with Crippen molar-refractivity contribution in [2.24, 2.45) is 0 Å². The maximum Gasteiger partial charge on any atom is 0.222 e. The summed E-state index contributed by atoms with van der Waals surface area (Å²) in [5.74, 6) is 0.140. The Morgan fingerprint density at radius 2 is 1.92 bits per heavy atom. The molecule has 0 amide bonds. The SMILES string of the molecule is Fc1ccc(CNc2ncc(Cc3c[nH]c4ncccc34)cn2)c(Cl)c1. The number of aromatic nitrogens is 4. The van der Waals surface area contributed by atoms with Gasteiger partial charge in [-0.15, -0.1) is 0 Å². The Bertz CT molecular complexity index is 1050. The third-order valence-corrected chi connectivity index (χ3v) is 4.44. The number of nitrogens with zero attached hydrogens (tertiary/aromatic N) is 3. The number of pyridine rings is 1. The Kier molecular flexibility index (Phi) is 4.50. The zero-order valence-corrected chi connectivity index (χ0v) is 14.5. The van der Waals surface area contributed by atoms with Gasteiger partial charge in [-0.2, -0.15) is 0 Å². The van der Waals surface area contributed by atoms with Crippen LogP contribution in [-0.2, 0) is 13.0 Å². The standard InChI is InChI=1S/C19H15ClFN5/c20-17-7-15(21)4-3-13(17)10-26-19-24-8-12(9-25-19)6-14-11-23-18-16(14)2-1-5-22-18/h1-5,7-9,11H,6,10H2,(H,22,23)(H,24,25,26). The van der Waals surface area contributed by atoms with Crippen LogP contribution in [0.1, 0.15) is 16.7 Å². The van der Waals surface area contributed by atoms with Crippen molar-refractivity contribution in [2.75, 3.05) is 5.32 Å². The molecule has 0 aliphatic carbocycles. The number of rotatable bonds is 5. The summed E-state index contributed by atoms with van der Waals surface area (Å²) in [4.78, 5) is 16.1. The summed E-state index contributed by atoms with van der Waals surface area (Å²) in [5, 5.41) is 4.57. The van der Waals surface area contributed by atoms with Gasteiger partial charge in [0.05, 0.1) is 0 Å². The second-order valence-electron chi connectivity index (χ2n) is 5.89. The molecule has 0 aliphatic heterocycles. The van der Waals surface area contributed by atoms with Crippen LogP contribution in [0.4, 0.5) is 10.3 Å². The molecule has 130 valence electrons. The zero-order valence-electron chi connectivity index (χ0n) is 13.7. The number of fused-ring (bicyclic) bond motifs is 1. The van der Waals surface area contributed by atoms with Crippen LogP contribution in [0.3, 0.4) is 0 Å². The molecule has 2 N–H and O–H groups in total. The lowest BCUT2D eigenvalue weighted by molar-refractivity contribution is 0.627. The second kappa shape index (κ2) is 7.09. The number of aromatic amines is 1. The highest BCUT2D eigenvalue weighted by atomic mass is 35.5. The number of benzene rings is 1. The lowest BCUT2D eigenvalue weighted by atomic mass is 10.1. The quantitative estimate of drug-likeness (QED) is 0.550. The number of halogens is 2. The molecule has 0 bridgehead atoms. The fourth-order valence-corrected chi connectivity index (χ4v) is 2.99. The van der Waals surface area contributed by atoms with E-state index in [0.29, 0.717) is 17.5 Å². The van der Waals surface area contributed by atoms with E-state index >= 15 is 0 Å². The van der Waals surface area contributed by atoms with Crippen LogP contribution in [0.15, 0.2) is 55.1 Å². The van der Waals surface area contributed by atoms with E-state index < -0.39 is 0 Å².